The third-order valence-corrected chi connectivity index (χ3v) is 7.46. The lowest BCUT2D eigenvalue weighted by Gasteiger charge is -2.30. The Morgan fingerprint density at radius 3 is 1.55 bits per heavy atom. The molecule has 0 amide bonds. The number of ether oxygens (including phenoxy) is 1. The van der Waals surface area contributed by atoms with Crippen molar-refractivity contribution in [3.8, 4) is 5.75 Å². The van der Waals surface area contributed by atoms with Crippen molar-refractivity contribution in [3.63, 3.8) is 0 Å². The van der Waals surface area contributed by atoms with Crippen LogP contribution in [0.1, 0.15) is 28.3 Å². The highest BCUT2D eigenvalue weighted by molar-refractivity contribution is 6.55. The third-order valence-electron chi connectivity index (χ3n) is 7.46. The van der Waals surface area contributed by atoms with E-state index in [2.05, 4.69) is 71.6 Å². The number of aliphatic imine (C=N–C) groups is 3. The van der Waals surface area contributed by atoms with Crippen LogP contribution in [-0.2, 0) is 0 Å². The molecule has 0 saturated carbocycles. The van der Waals surface area contributed by atoms with Gasteiger partial charge in [0.05, 0.1) is 29.9 Å². The fourth-order valence-electron chi connectivity index (χ4n) is 5.52. The lowest BCUT2D eigenvalue weighted by atomic mass is 9.96. The molecular weight excluding hydrogens is 516 g/mol. The van der Waals surface area contributed by atoms with Crippen LogP contribution in [0.15, 0.2) is 172 Å². The van der Waals surface area contributed by atoms with Crippen LogP contribution in [0.25, 0.3) is 0 Å². The average Bonchev–Trinajstić information content (AvgIpc) is 3.69. The van der Waals surface area contributed by atoms with Gasteiger partial charge in [-0.05, 0) is 23.3 Å². The SMILES string of the molecule is COc1ccccc1N1C(=C2N=C(c3ccccc3)C(c3ccccc3)=N2)N=C(c2ccccc2)C1c1ccccc1. The first-order chi connectivity index (χ1) is 20.8. The van der Waals surface area contributed by atoms with Gasteiger partial charge in [0.15, 0.2) is 11.6 Å². The van der Waals surface area contributed by atoms with Gasteiger partial charge < -0.3 is 9.64 Å². The highest BCUT2D eigenvalue weighted by atomic mass is 16.5. The van der Waals surface area contributed by atoms with E-state index in [0.29, 0.717) is 11.6 Å². The van der Waals surface area contributed by atoms with Gasteiger partial charge in [-0.1, -0.05) is 133 Å². The molecule has 0 aliphatic carbocycles. The highest BCUT2D eigenvalue weighted by Crippen LogP contribution is 2.45. The molecule has 2 aliphatic heterocycles. The molecule has 5 nitrogen and oxygen atoms in total. The van der Waals surface area contributed by atoms with E-state index in [0.717, 1.165) is 50.8 Å². The number of hydrogen-bond donors (Lipinski definition) is 0. The summed E-state index contributed by atoms with van der Waals surface area (Å²) in [5.74, 6) is 1.98. The third kappa shape index (κ3) is 4.61. The number of hydrogen-bond acceptors (Lipinski definition) is 5. The number of anilines is 1. The van der Waals surface area contributed by atoms with Gasteiger partial charge in [0, 0.05) is 11.1 Å². The van der Waals surface area contributed by atoms with Crippen molar-refractivity contribution >= 4 is 22.8 Å². The van der Waals surface area contributed by atoms with E-state index in [-0.39, 0.29) is 6.04 Å². The zero-order chi connectivity index (χ0) is 28.3. The van der Waals surface area contributed by atoms with Crippen LogP contribution in [0.3, 0.4) is 0 Å². The fraction of sp³-hybridized carbons (Fsp3) is 0.0541. The summed E-state index contributed by atoms with van der Waals surface area (Å²) in [6.45, 7) is 0. The predicted octanol–water partition coefficient (Wildman–Crippen LogP) is 7.86. The number of methoxy groups -OCH3 is 1. The molecule has 1 atom stereocenters. The maximum absolute atomic E-state index is 5.89. The molecule has 0 bridgehead atoms. The van der Waals surface area contributed by atoms with Crippen LogP contribution < -0.4 is 9.64 Å². The van der Waals surface area contributed by atoms with E-state index in [4.69, 9.17) is 19.7 Å². The predicted molar refractivity (Wildman–Crippen MR) is 171 cm³/mol. The van der Waals surface area contributed by atoms with Crippen LogP contribution in [0.4, 0.5) is 5.69 Å². The van der Waals surface area contributed by atoms with Gasteiger partial charge in [0.1, 0.15) is 11.8 Å². The van der Waals surface area contributed by atoms with E-state index < -0.39 is 0 Å². The normalized spacial score (nSPS) is 16.3. The number of benzene rings is 5. The average molecular weight is 545 g/mol. The zero-order valence-electron chi connectivity index (χ0n) is 23.1. The first-order valence-electron chi connectivity index (χ1n) is 14.0. The minimum absolute atomic E-state index is 0.223. The van der Waals surface area contributed by atoms with Crippen molar-refractivity contribution in [2.24, 2.45) is 15.0 Å². The highest BCUT2D eigenvalue weighted by Gasteiger charge is 2.39. The zero-order valence-corrected chi connectivity index (χ0v) is 23.1. The van der Waals surface area contributed by atoms with Crippen molar-refractivity contribution in [3.05, 3.63) is 179 Å². The minimum Gasteiger partial charge on any atom is -0.495 e. The Morgan fingerprint density at radius 2 is 1.00 bits per heavy atom. The lowest BCUT2D eigenvalue weighted by Crippen LogP contribution is -2.28. The second-order valence-electron chi connectivity index (χ2n) is 10.0. The molecule has 0 saturated heterocycles. The molecule has 0 radical (unpaired) electrons. The molecule has 0 spiro atoms. The van der Waals surface area contributed by atoms with Crippen molar-refractivity contribution < 1.29 is 4.74 Å². The largest absolute Gasteiger partial charge is 0.495 e. The Bertz CT molecular complexity index is 1790. The van der Waals surface area contributed by atoms with Crippen LogP contribution in [0.2, 0.25) is 0 Å². The van der Waals surface area contributed by atoms with Crippen molar-refractivity contribution in [2.45, 2.75) is 6.04 Å². The molecule has 202 valence electrons. The van der Waals surface area contributed by atoms with Gasteiger partial charge in [-0.15, -0.1) is 0 Å². The quantitative estimate of drug-likeness (QED) is 0.218. The summed E-state index contributed by atoms with van der Waals surface area (Å²) in [4.78, 5) is 17.9. The topological polar surface area (TPSA) is 49.5 Å². The van der Waals surface area contributed by atoms with Crippen LogP contribution in [-0.4, -0.2) is 24.2 Å². The van der Waals surface area contributed by atoms with Gasteiger partial charge in [0.25, 0.3) is 0 Å². The Labute approximate surface area is 245 Å². The standard InChI is InChI=1S/C37H28N4O/c1-42-31-25-15-14-24-30(31)41-35(29-22-12-5-13-23-29)34(28-20-10-4-11-21-28)40-37(41)36-38-32(26-16-6-2-7-17-26)33(39-36)27-18-8-3-9-19-27/h2-25,35H,1H3. The van der Waals surface area contributed by atoms with Crippen LogP contribution >= 0.6 is 0 Å². The molecule has 7 rings (SSSR count). The Kier molecular flexibility index (Phi) is 6.74. The smallest absolute Gasteiger partial charge is 0.197 e. The Hall–Kier alpha value is -5.55. The monoisotopic (exact) mass is 544 g/mol. The second kappa shape index (κ2) is 11.1. The molecular formula is C37H28N4O. The molecule has 2 heterocycles. The summed E-state index contributed by atoms with van der Waals surface area (Å²) >= 11 is 0. The molecule has 5 aromatic carbocycles. The molecule has 0 N–H and O–H groups in total. The van der Waals surface area contributed by atoms with Crippen molar-refractivity contribution in [1.29, 1.82) is 0 Å². The van der Waals surface area contributed by atoms with Crippen molar-refractivity contribution in [2.75, 3.05) is 12.0 Å². The number of rotatable bonds is 6. The van der Waals surface area contributed by atoms with Crippen molar-refractivity contribution in [1.82, 2.24) is 0 Å². The van der Waals surface area contributed by atoms with Crippen LogP contribution in [0.5, 0.6) is 5.75 Å². The fourth-order valence-corrected chi connectivity index (χ4v) is 5.52. The summed E-state index contributed by atoms with van der Waals surface area (Å²) in [7, 11) is 1.70. The first-order valence-corrected chi connectivity index (χ1v) is 14.0. The maximum Gasteiger partial charge on any atom is 0.197 e. The first kappa shape index (κ1) is 25.4. The summed E-state index contributed by atoms with van der Waals surface area (Å²) in [5, 5.41) is 0. The molecule has 0 fully saturated rings. The van der Waals surface area contributed by atoms with E-state index in [1.165, 1.54) is 0 Å². The number of para-hydroxylation sites is 2. The molecule has 1 unspecified atom stereocenters. The van der Waals surface area contributed by atoms with Gasteiger partial charge in [0.2, 0.25) is 0 Å². The van der Waals surface area contributed by atoms with E-state index in [1.807, 2.05) is 78.9 Å². The molecule has 5 heteroatoms. The van der Waals surface area contributed by atoms with E-state index in [9.17, 15) is 0 Å². The summed E-state index contributed by atoms with van der Waals surface area (Å²) in [6, 6.07) is 49.0. The summed E-state index contributed by atoms with van der Waals surface area (Å²) in [5.41, 5.74) is 7.63. The second-order valence-corrected chi connectivity index (χ2v) is 10.0. The Balaban J connectivity index is 1.52. The molecule has 5 aromatic rings. The van der Waals surface area contributed by atoms with Crippen LogP contribution in [0, 0.1) is 0 Å². The lowest BCUT2D eigenvalue weighted by molar-refractivity contribution is 0.414. The molecule has 0 aromatic heterocycles. The maximum atomic E-state index is 5.89. The van der Waals surface area contributed by atoms with Gasteiger partial charge in [-0.2, -0.15) is 0 Å². The number of nitrogens with zero attached hydrogens (tertiary/aromatic N) is 4. The summed E-state index contributed by atoms with van der Waals surface area (Å²) < 4.78 is 5.89. The van der Waals surface area contributed by atoms with Gasteiger partial charge in [-0.3, -0.25) is 0 Å². The Morgan fingerprint density at radius 1 is 0.524 bits per heavy atom. The summed E-state index contributed by atoms with van der Waals surface area (Å²) in [6.07, 6.45) is 0. The molecule has 42 heavy (non-hydrogen) atoms. The van der Waals surface area contributed by atoms with E-state index in [1.54, 1.807) is 7.11 Å². The van der Waals surface area contributed by atoms with Gasteiger partial charge in [-0.25, -0.2) is 15.0 Å². The molecule has 2 aliphatic rings. The minimum atomic E-state index is -0.223. The van der Waals surface area contributed by atoms with Gasteiger partial charge >= 0.3 is 0 Å². The van der Waals surface area contributed by atoms with E-state index >= 15 is 0 Å².